The zero-order valence-corrected chi connectivity index (χ0v) is 14.6. The first-order chi connectivity index (χ1) is 11.6. The molecule has 120 valence electrons. The quantitative estimate of drug-likeness (QED) is 0.316. The van der Waals surface area contributed by atoms with Gasteiger partial charge in [-0.15, -0.1) is 0 Å². The fourth-order valence-corrected chi connectivity index (χ4v) is 2.98. The molecule has 0 bridgehead atoms. The highest BCUT2D eigenvalue weighted by atomic mass is 79.9. The molecule has 0 aliphatic heterocycles. The normalized spacial score (nSPS) is 11.5. The molecule has 0 aliphatic rings. The van der Waals surface area contributed by atoms with E-state index < -0.39 is 5.97 Å². The summed E-state index contributed by atoms with van der Waals surface area (Å²) in [6.45, 7) is 1.91. The minimum absolute atomic E-state index is 0.161. The molecule has 3 aromatic carbocycles. The van der Waals surface area contributed by atoms with Gasteiger partial charge >= 0.3 is 5.97 Å². The number of rotatable bonds is 3. The Bertz CT molecular complexity index is 946. The molecule has 0 heterocycles. The van der Waals surface area contributed by atoms with Crippen molar-refractivity contribution >= 4 is 38.5 Å². The summed E-state index contributed by atoms with van der Waals surface area (Å²) in [5.41, 5.74) is 8.06. The monoisotopic (exact) mass is 382 g/mol. The van der Waals surface area contributed by atoms with E-state index >= 15 is 0 Å². The van der Waals surface area contributed by atoms with Crippen LogP contribution in [0.25, 0.3) is 10.8 Å². The predicted molar refractivity (Wildman–Crippen MR) is 99.0 cm³/mol. The van der Waals surface area contributed by atoms with E-state index in [0.717, 1.165) is 26.4 Å². The van der Waals surface area contributed by atoms with Crippen molar-refractivity contribution in [2.24, 2.45) is 10.9 Å². The summed E-state index contributed by atoms with van der Waals surface area (Å²) >= 11 is 3.40. The molecular formula is C19H15BrN2O2. The molecule has 0 unspecified atom stereocenters. The van der Waals surface area contributed by atoms with Gasteiger partial charge < -0.3 is 10.6 Å². The SMILES string of the molecule is Cc1cc(Br)ccc1/C(N)=N\OC(=O)c1cccc2ccccc12. The van der Waals surface area contributed by atoms with Gasteiger partial charge in [0, 0.05) is 10.0 Å². The standard InChI is InChI=1S/C19H15BrN2O2/c1-12-11-14(20)9-10-15(12)18(21)22-24-19(23)17-8-4-6-13-5-2-3-7-16(13)17/h2-11H,1H3,(H2,21,22). The van der Waals surface area contributed by atoms with E-state index in [9.17, 15) is 4.79 Å². The van der Waals surface area contributed by atoms with Crippen LogP contribution in [0.3, 0.4) is 0 Å². The van der Waals surface area contributed by atoms with Gasteiger partial charge in [0.15, 0.2) is 5.84 Å². The molecule has 0 aliphatic carbocycles. The second kappa shape index (κ2) is 6.84. The maximum atomic E-state index is 12.3. The molecule has 0 saturated heterocycles. The van der Waals surface area contributed by atoms with Crippen LogP contribution in [0.4, 0.5) is 0 Å². The van der Waals surface area contributed by atoms with Crippen LogP contribution in [0.5, 0.6) is 0 Å². The molecule has 4 nitrogen and oxygen atoms in total. The van der Waals surface area contributed by atoms with Crippen LogP contribution in [0, 0.1) is 6.92 Å². The minimum atomic E-state index is -0.537. The van der Waals surface area contributed by atoms with Gasteiger partial charge in [-0.1, -0.05) is 57.5 Å². The third-order valence-electron chi connectivity index (χ3n) is 3.70. The minimum Gasteiger partial charge on any atom is -0.380 e. The Balaban J connectivity index is 1.86. The van der Waals surface area contributed by atoms with Crippen molar-refractivity contribution in [2.45, 2.75) is 6.92 Å². The largest absolute Gasteiger partial charge is 0.380 e. The highest BCUT2D eigenvalue weighted by Gasteiger charge is 2.12. The lowest BCUT2D eigenvalue weighted by atomic mass is 10.1. The van der Waals surface area contributed by atoms with Crippen LogP contribution in [0.1, 0.15) is 21.5 Å². The van der Waals surface area contributed by atoms with E-state index in [1.165, 1.54) is 0 Å². The number of hydrogen-bond acceptors (Lipinski definition) is 3. The second-order valence-electron chi connectivity index (χ2n) is 5.34. The number of aryl methyl sites for hydroxylation is 1. The van der Waals surface area contributed by atoms with E-state index in [2.05, 4.69) is 21.1 Å². The number of fused-ring (bicyclic) bond motifs is 1. The van der Waals surface area contributed by atoms with Crippen LogP contribution >= 0.6 is 15.9 Å². The second-order valence-corrected chi connectivity index (χ2v) is 6.26. The zero-order valence-electron chi connectivity index (χ0n) is 13.0. The fraction of sp³-hybridized carbons (Fsp3) is 0.0526. The van der Waals surface area contributed by atoms with Crippen LogP contribution < -0.4 is 5.73 Å². The molecule has 3 rings (SSSR count). The lowest BCUT2D eigenvalue weighted by Gasteiger charge is -2.06. The van der Waals surface area contributed by atoms with Gasteiger partial charge in [0.1, 0.15) is 0 Å². The Morgan fingerprint density at radius 1 is 1.04 bits per heavy atom. The van der Waals surface area contributed by atoms with E-state index in [0.29, 0.717) is 5.56 Å². The van der Waals surface area contributed by atoms with Gasteiger partial charge in [0.05, 0.1) is 5.56 Å². The van der Waals surface area contributed by atoms with Crippen molar-refractivity contribution < 1.29 is 9.63 Å². The number of carbonyl (C=O) groups is 1. The molecule has 0 aromatic heterocycles. The van der Waals surface area contributed by atoms with Crippen molar-refractivity contribution in [1.29, 1.82) is 0 Å². The van der Waals surface area contributed by atoms with Crippen molar-refractivity contribution in [2.75, 3.05) is 0 Å². The first-order valence-corrected chi connectivity index (χ1v) is 8.14. The molecule has 0 radical (unpaired) electrons. The maximum absolute atomic E-state index is 12.3. The van der Waals surface area contributed by atoms with Crippen molar-refractivity contribution in [1.82, 2.24) is 0 Å². The van der Waals surface area contributed by atoms with Gasteiger partial charge in [-0.05, 0) is 47.5 Å². The predicted octanol–water partition coefficient (Wildman–Crippen LogP) is 4.39. The Kier molecular flexibility index (Phi) is 4.62. The summed E-state index contributed by atoms with van der Waals surface area (Å²) in [4.78, 5) is 17.4. The molecule has 0 atom stereocenters. The van der Waals surface area contributed by atoms with Gasteiger partial charge in [-0.25, -0.2) is 4.79 Å². The lowest BCUT2D eigenvalue weighted by molar-refractivity contribution is 0.0518. The Hall–Kier alpha value is -2.66. The first kappa shape index (κ1) is 16.2. The molecule has 0 amide bonds. The van der Waals surface area contributed by atoms with Crippen LogP contribution in [0.2, 0.25) is 0 Å². The number of halogens is 1. The molecule has 2 N–H and O–H groups in total. The molecule has 0 fully saturated rings. The Morgan fingerprint density at radius 2 is 1.79 bits per heavy atom. The Morgan fingerprint density at radius 3 is 2.58 bits per heavy atom. The van der Waals surface area contributed by atoms with Gasteiger partial charge in [0.25, 0.3) is 0 Å². The smallest absolute Gasteiger partial charge is 0.366 e. The third kappa shape index (κ3) is 3.31. The van der Waals surface area contributed by atoms with Crippen LogP contribution in [-0.2, 0) is 4.84 Å². The molecular weight excluding hydrogens is 368 g/mol. The summed E-state index contributed by atoms with van der Waals surface area (Å²) in [6, 6.07) is 18.7. The van der Waals surface area contributed by atoms with Crippen molar-refractivity contribution in [3.63, 3.8) is 0 Å². The van der Waals surface area contributed by atoms with Crippen LogP contribution in [0.15, 0.2) is 70.3 Å². The summed E-state index contributed by atoms with van der Waals surface area (Å²) in [5, 5.41) is 5.58. The molecule has 24 heavy (non-hydrogen) atoms. The third-order valence-corrected chi connectivity index (χ3v) is 4.19. The summed E-state index contributed by atoms with van der Waals surface area (Å²) < 4.78 is 0.948. The number of nitrogens with zero attached hydrogens (tertiary/aromatic N) is 1. The molecule has 5 heteroatoms. The van der Waals surface area contributed by atoms with E-state index in [1.807, 2.05) is 61.5 Å². The molecule has 0 saturated carbocycles. The number of carbonyl (C=O) groups excluding carboxylic acids is 1. The average Bonchev–Trinajstić information content (AvgIpc) is 2.59. The van der Waals surface area contributed by atoms with Gasteiger partial charge in [-0.2, -0.15) is 0 Å². The van der Waals surface area contributed by atoms with Crippen molar-refractivity contribution in [3.05, 3.63) is 81.8 Å². The van der Waals surface area contributed by atoms with Gasteiger partial charge in [0.2, 0.25) is 0 Å². The number of nitrogens with two attached hydrogens (primary N) is 1. The fourth-order valence-electron chi connectivity index (χ4n) is 2.51. The molecule has 3 aromatic rings. The lowest BCUT2D eigenvalue weighted by Crippen LogP contribution is -2.16. The zero-order chi connectivity index (χ0) is 17.1. The number of hydrogen-bond donors (Lipinski definition) is 1. The van der Waals surface area contributed by atoms with Gasteiger partial charge in [-0.3, -0.25) is 0 Å². The van der Waals surface area contributed by atoms with E-state index in [-0.39, 0.29) is 5.84 Å². The molecule has 0 spiro atoms. The van der Waals surface area contributed by atoms with E-state index in [1.54, 1.807) is 6.07 Å². The number of oxime groups is 1. The average molecular weight is 383 g/mol. The summed E-state index contributed by atoms with van der Waals surface area (Å²) in [7, 11) is 0. The van der Waals surface area contributed by atoms with Crippen LogP contribution in [-0.4, -0.2) is 11.8 Å². The highest BCUT2D eigenvalue weighted by molar-refractivity contribution is 9.10. The topological polar surface area (TPSA) is 64.7 Å². The number of benzene rings is 3. The highest BCUT2D eigenvalue weighted by Crippen LogP contribution is 2.20. The number of amidine groups is 1. The Labute approximate surface area is 148 Å². The van der Waals surface area contributed by atoms with E-state index in [4.69, 9.17) is 10.6 Å². The first-order valence-electron chi connectivity index (χ1n) is 7.35. The van der Waals surface area contributed by atoms with Crippen molar-refractivity contribution in [3.8, 4) is 0 Å². The maximum Gasteiger partial charge on any atom is 0.366 e. The summed E-state index contributed by atoms with van der Waals surface area (Å²) in [6.07, 6.45) is 0. The summed E-state index contributed by atoms with van der Waals surface area (Å²) in [5.74, 6) is -0.377.